The lowest BCUT2D eigenvalue weighted by atomic mass is 10.0. The summed E-state index contributed by atoms with van der Waals surface area (Å²) in [6.45, 7) is 6.82. The van der Waals surface area contributed by atoms with Gasteiger partial charge in [-0.25, -0.2) is 8.42 Å². The Morgan fingerprint density at radius 1 is 1.26 bits per heavy atom. The number of carbonyl (C=O) groups excluding carboxylic acids is 1. The van der Waals surface area contributed by atoms with Gasteiger partial charge in [0.25, 0.3) is 0 Å². The van der Waals surface area contributed by atoms with Crippen LogP contribution in [0.3, 0.4) is 0 Å². The van der Waals surface area contributed by atoms with Crippen LogP contribution in [0.25, 0.3) is 0 Å². The minimum atomic E-state index is -3.44. The average Bonchev–Trinajstić information content (AvgIpc) is 2.82. The van der Waals surface area contributed by atoms with Crippen molar-refractivity contribution < 1.29 is 13.2 Å². The highest BCUT2D eigenvalue weighted by molar-refractivity contribution is 7.89. The highest BCUT2D eigenvalue weighted by Gasteiger charge is 2.33. The summed E-state index contributed by atoms with van der Waals surface area (Å²) in [5, 5.41) is 0. The molecule has 0 unspecified atom stereocenters. The van der Waals surface area contributed by atoms with Gasteiger partial charge < -0.3 is 4.90 Å². The fourth-order valence-corrected chi connectivity index (χ4v) is 5.41. The molecule has 0 bridgehead atoms. The van der Waals surface area contributed by atoms with Gasteiger partial charge in [-0.05, 0) is 55.9 Å². The topological polar surface area (TPSA) is 57.7 Å². The molecule has 1 saturated heterocycles. The number of nitrogens with zero attached hydrogens (tertiary/aromatic N) is 2. The van der Waals surface area contributed by atoms with E-state index in [-0.39, 0.29) is 11.9 Å². The molecule has 3 rings (SSSR count). The summed E-state index contributed by atoms with van der Waals surface area (Å²) in [5.74, 6) is 0.401. The van der Waals surface area contributed by atoms with Crippen LogP contribution < -0.4 is 4.90 Å². The van der Waals surface area contributed by atoms with Crippen LogP contribution >= 0.6 is 0 Å². The van der Waals surface area contributed by atoms with Gasteiger partial charge in [-0.1, -0.05) is 6.92 Å². The van der Waals surface area contributed by atoms with Gasteiger partial charge in [0.2, 0.25) is 15.9 Å². The first-order valence-corrected chi connectivity index (χ1v) is 9.67. The second-order valence-corrected chi connectivity index (χ2v) is 8.78. The van der Waals surface area contributed by atoms with Crippen LogP contribution in [-0.4, -0.2) is 37.8 Å². The van der Waals surface area contributed by atoms with Crippen LogP contribution in [0.15, 0.2) is 23.1 Å². The van der Waals surface area contributed by atoms with Crippen LogP contribution in [-0.2, 0) is 21.2 Å². The molecule has 0 aliphatic carbocycles. The number of fused-ring (bicyclic) bond motifs is 1. The molecule has 0 spiro atoms. The molecule has 23 heavy (non-hydrogen) atoms. The fraction of sp³-hybridized carbons (Fsp3) is 0.588. The van der Waals surface area contributed by atoms with Gasteiger partial charge in [-0.3, -0.25) is 4.79 Å². The van der Waals surface area contributed by atoms with Crippen molar-refractivity contribution in [3.05, 3.63) is 23.8 Å². The van der Waals surface area contributed by atoms with Gasteiger partial charge >= 0.3 is 0 Å². The summed E-state index contributed by atoms with van der Waals surface area (Å²) in [6.07, 6.45) is 2.70. The lowest BCUT2D eigenvalue weighted by Gasteiger charge is -2.30. The molecule has 1 aromatic rings. The predicted octanol–water partition coefficient (Wildman–Crippen LogP) is 2.40. The Kier molecular flexibility index (Phi) is 4.23. The molecule has 126 valence electrons. The summed E-state index contributed by atoms with van der Waals surface area (Å²) < 4.78 is 27.4. The van der Waals surface area contributed by atoms with Crippen LogP contribution in [0.1, 0.15) is 39.2 Å². The maximum Gasteiger partial charge on any atom is 0.243 e. The van der Waals surface area contributed by atoms with E-state index in [9.17, 15) is 13.2 Å². The summed E-state index contributed by atoms with van der Waals surface area (Å²) in [5.41, 5.74) is 1.79. The van der Waals surface area contributed by atoms with Gasteiger partial charge in [0, 0.05) is 31.7 Å². The van der Waals surface area contributed by atoms with E-state index in [0.29, 0.717) is 30.3 Å². The molecule has 0 N–H and O–H groups in total. The molecule has 2 aliphatic heterocycles. The predicted molar refractivity (Wildman–Crippen MR) is 89.9 cm³/mol. The van der Waals surface area contributed by atoms with E-state index in [0.717, 1.165) is 24.1 Å². The van der Waals surface area contributed by atoms with Crippen molar-refractivity contribution in [2.24, 2.45) is 5.92 Å². The van der Waals surface area contributed by atoms with Crippen molar-refractivity contribution in [3.63, 3.8) is 0 Å². The normalized spacial score (nSPS) is 25.4. The average molecular weight is 336 g/mol. The first-order chi connectivity index (χ1) is 10.8. The zero-order chi connectivity index (χ0) is 16.8. The molecule has 2 aliphatic rings. The lowest BCUT2D eigenvalue weighted by Crippen LogP contribution is -2.39. The number of rotatable bonds is 2. The largest absolute Gasteiger partial charge is 0.309 e. The summed E-state index contributed by atoms with van der Waals surface area (Å²) >= 11 is 0. The Balaban J connectivity index is 1.94. The zero-order valence-electron chi connectivity index (χ0n) is 13.9. The van der Waals surface area contributed by atoms with Crippen LogP contribution in [0.4, 0.5) is 5.69 Å². The second kappa shape index (κ2) is 5.91. The number of carbonyl (C=O) groups is 1. The Morgan fingerprint density at radius 3 is 2.65 bits per heavy atom. The summed E-state index contributed by atoms with van der Waals surface area (Å²) in [7, 11) is -3.44. The number of hydrogen-bond donors (Lipinski definition) is 0. The summed E-state index contributed by atoms with van der Waals surface area (Å²) in [4.78, 5) is 13.9. The van der Waals surface area contributed by atoms with E-state index in [4.69, 9.17) is 0 Å². The third-order valence-electron chi connectivity index (χ3n) is 4.86. The molecule has 1 aromatic carbocycles. The summed E-state index contributed by atoms with van der Waals surface area (Å²) in [6, 6.07) is 5.25. The van der Waals surface area contributed by atoms with E-state index in [1.54, 1.807) is 34.3 Å². The highest BCUT2D eigenvalue weighted by atomic mass is 32.2. The molecule has 6 heteroatoms. The van der Waals surface area contributed by atoms with Crippen molar-refractivity contribution in [2.45, 2.75) is 51.0 Å². The van der Waals surface area contributed by atoms with Gasteiger partial charge in [0.15, 0.2) is 0 Å². The molecule has 5 nitrogen and oxygen atoms in total. The van der Waals surface area contributed by atoms with Crippen LogP contribution in [0.2, 0.25) is 0 Å². The molecule has 1 amide bonds. The van der Waals surface area contributed by atoms with E-state index in [1.807, 2.05) is 6.92 Å². The lowest BCUT2D eigenvalue weighted by molar-refractivity contribution is -0.116. The molecule has 0 radical (unpaired) electrons. The van der Waals surface area contributed by atoms with Gasteiger partial charge in [0.05, 0.1) is 4.90 Å². The van der Waals surface area contributed by atoms with Crippen molar-refractivity contribution >= 4 is 21.6 Å². The molecule has 0 aromatic heterocycles. The van der Waals surface area contributed by atoms with Gasteiger partial charge in [-0.2, -0.15) is 4.31 Å². The van der Waals surface area contributed by atoms with Crippen molar-refractivity contribution in [1.29, 1.82) is 0 Å². The molecule has 2 heterocycles. The minimum Gasteiger partial charge on any atom is -0.309 e. The van der Waals surface area contributed by atoms with Crippen molar-refractivity contribution in [2.75, 3.05) is 18.0 Å². The molecule has 1 fully saturated rings. The molecule has 2 atom stereocenters. The first-order valence-electron chi connectivity index (χ1n) is 8.23. The number of anilines is 1. The zero-order valence-corrected chi connectivity index (χ0v) is 14.8. The van der Waals surface area contributed by atoms with Crippen molar-refractivity contribution in [3.8, 4) is 0 Å². The number of amides is 1. The quantitative estimate of drug-likeness (QED) is 0.833. The monoisotopic (exact) mass is 336 g/mol. The van der Waals surface area contributed by atoms with E-state index in [2.05, 4.69) is 6.92 Å². The maximum atomic E-state index is 12.9. The maximum absolute atomic E-state index is 12.9. The highest BCUT2D eigenvalue weighted by Crippen LogP contribution is 2.35. The Labute approximate surface area is 138 Å². The Bertz CT molecular complexity index is 729. The fourth-order valence-electron chi connectivity index (χ4n) is 3.76. The number of piperidine rings is 1. The number of hydrogen-bond acceptors (Lipinski definition) is 3. The standard InChI is InChI=1S/C17H24N2O3S/c1-12-5-4-8-18(11-12)23(21,22)16-6-7-17-15(10-16)9-13(2)19(17)14(3)20/h6-7,10,12-13H,4-5,8-9,11H2,1-3H3/t12-,13-/m0/s1. The smallest absolute Gasteiger partial charge is 0.243 e. The van der Waals surface area contributed by atoms with E-state index < -0.39 is 10.0 Å². The SMILES string of the molecule is CC(=O)N1c2ccc(S(=O)(=O)N3CCC[C@H](C)C3)cc2C[C@@H]1C. The Hall–Kier alpha value is -1.40. The Morgan fingerprint density at radius 2 is 2.00 bits per heavy atom. The minimum absolute atomic E-state index is 0.00304. The number of benzene rings is 1. The van der Waals surface area contributed by atoms with E-state index in [1.165, 1.54) is 0 Å². The van der Waals surface area contributed by atoms with Gasteiger partial charge in [-0.15, -0.1) is 0 Å². The third kappa shape index (κ3) is 2.90. The third-order valence-corrected chi connectivity index (χ3v) is 6.72. The van der Waals surface area contributed by atoms with Crippen LogP contribution in [0, 0.1) is 5.92 Å². The van der Waals surface area contributed by atoms with Crippen molar-refractivity contribution in [1.82, 2.24) is 4.31 Å². The molecular formula is C17H24N2O3S. The van der Waals surface area contributed by atoms with E-state index >= 15 is 0 Å². The number of sulfonamides is 1. The first kappa shape index (κ1) is 16.5. The van der Waals surface area contributed by atoms with Gasteiger partial charge in [0.1, 0.15) is 0 Å². The van der Waals surface area contributed by atoms with Crippen LogP contribution in [0.5, 0.6) is 0 Å². The molecule has 0 saturated carbocycles. The second-order valence-electron chi connectivity index (χ2n) is 6.84. The molecular weight excluding hydrogens is 312 g/mol.